The predicted molar refractivity (Wildman–Crippen MR) is 75.8 cm³/mol. The van der Waals surface area contributed by atoms with Crippen LogP contribution >= 0.6 is 0 Å². The van der Waals surface area contributed by atoms with Crippen molar-refractivity contribution in [1.29, 1.82) is 10.5 Å². The summed E-state index contributed by atoms with van der Waals surface area (Å²) in [6.45, 7) is 1.22. The highest BCUT2D eigenvalue weighted by Gasteiger charge is 2.27. The van der Waals surface area contributed by atoms with Gasteiger partial charge in [-0.25, -0.2) is 4.98 Å². The molecule has 0 radical (unpaired) electrons. The van der Waals surface area contributed by atoms with Crippen molar-refractivity contribution in [2.45, 2.75) is 18.9 Å². The molecule has 0 bridgehead atoms. The number of nitriles is 2. The lowest BCUT2D eigenvalue weighted by molar-refractivity contribution is -0.130. The van der Waals surface area contributed by atoms with Gasteiger partial charge in [0.25, 0.3) is 0 Å². The van der Waals surface area contributed by atoms with Crippen LogP contribution in [0.1, 0.15) is 18.4 Å². The molecule has 7 heteroatoms. The highest BCUT2D eigenvalue weighted by atomic mass is 16.2. The fraction of sp³-hybridized carbons (Fsp3) is 0.429. The van der Waals surface area contributed by atoms with E-state index in [4.69, 9.17) is 10.5 Å². The van der Waals surface area contributed by atoms with Crippen molar-refractivity contribution in [3.05, 3.63) is 23.9 Å². The Morgan fingerprint density at radius 3 is 3.00 bits per heavy atom. The molecule has 2 heterocycles. The van der Waals surface area contributed by atoms with Crippen LogP contribution in [-0.2, 0) is 4.79 Å². The molecule has 1 atom stereocenters. The summed E-state index contributed by atoms with van der Waals surface area (Å²) in [5.74, 6) is 0.568. The number of hydrogen-bond donors (Lipinski definition) is 2. The first-order valence-electron chi connectivity index (χ1n) is 6.74. The van der Waals surface area contributed by atoms with Gasteiger partial charge in [0.05, 0.1) is 24.8 Å². The molecule has 2 N–H and O–H groups in total. The van der Waals surface area contributed by atoms with Gasteiger partial charge >= 0.3 is 0 Å². The molecule has 1 fully saturated rings. The molecule has 1 aromatic rings. The minimum Gasteiger partial charge on any atom is -0.358 e. The van der Waals surface area contributed by atoms with Crippen molar-refractivity contribution in [1.82, 2.24) is 15.2 Å². The molecule has 0 aliphatic carbocycles. The molecule has 2 rings (SSSR count). The lowest BCUT2D eigenvalue weighted by Gasteiger charge is -2.19. The zero-order valence-corrected chi connectivity index (χ0v) is 11.5. The zero-order chi connectivity index (χ0) is 15.1. The van der Waals surface area contributed by atoms with Crippen molar-refractivity contribution in [3.8, 4) is 12.1 Å². The van der Waals surface area contributed by atoms with Crippen LogP contribution in [0, 0.1) is 22.7 Å². The first-order valence-corrected chi connectivity index (χ1v) is 6.74. The fourth-order valence-electron chi connectivity index (χ4n) is 2.19. The van der Waals surface area contributed by atoms with Crippen molar-refractivity contribution in [3.63, 3.8) is 0 Å². The first-order chi connectivity index (χ1) is 10.2. The molecule has 0 saturated carbocycles. The number of nitrogens with one attached hydrogen (secondary N) is 2. The second-order valence-corrected chi connectivity index (χ2v) is 4.70. The maximum Gasteiger partial charge on any atom is 0.237 e. The van der Waals surface area contributed by atoms with Crippen molar-refractivity contribution >= 4 is 11.7 Å². The Kier molecular flexibility index (Phi) is 5.08. The number of hydrogen-bond acceptors (Lipinski definition) is 6. The summed E-state index contributed by atoms with van der Waals surface area (Å²) in [5, 5.41) is 23.6. The molecule has 1 saturated heterocycles. The minimum atomic E-state index is -0.285. The van der Waals surface area contributed by atoms with Gasteiger partial charge in [-0.05, 0) is 25.0 Å². The third-order valence-corrected chi connectivity index (χ3v) is 3.29. The van der Waals surface area contributed by atoms with Crippen molar-refractivity contribution in [2.24, 2.45) is 0 Å². The van der Waals surface area contributed by atoms with E-state index in [1.54, 1.807) is 17.0 Å². The lowest BCUT2D eigenvalue weighted by Crippen LogP contribution is -2.41. The Morgan fingerprint density at radius 1 is 1.48 bits per heavy atom. The summed E-state index contributed by atoms with van der Waals surface area (Å²) in [6, 6.07) is 7.23. The molecular weight excluding hydrogens is 268 g/mol. The summed E-state index contributed by atoms with van der Waals surface area (Å²) in [4.78, 5) is 17.6. The third-order valence-electron chi connectivity index (χ3n) is 3.29. The Balaban J connectivity index is 1.71. The molecule has 1 aliphatic heterocycles. The topological polar surface area (TPSA) is 105 Å². The predicted octanol–water partition coefficient (Wildman–Crippen LogP) is 0.427. The second-order valence-electron chi connectivity index (χ2n) is 4.70. The maximum absolute atomic E-state index is 11.9. The van der Waals surface area contributed by atoms with E-state index in [0.29, 0.717) is 24.6 Å². The summed E-state index contributed by atoms with van der Waals surface area (Å²) in [6.07, 6.45) is 3.13. The van der Waals surface area contributed by atoms with E-state index in [9.17, 15) is 4.79 Å². The first kappa shape index (κ1) is 14.8. The maximum atomic E-state index is 11.9. The lowest BCUT2D eigenvalue weighted by atomic mass is 10.2. The van der Waals surface area contributed by atoms with Gasteiger partial charge in [0.1, 0.15) is 17.9 Å². The SMILES string of the molecule is N#Cc1ccc(NCNCC(=O)N2CCC[C@H]2C#N)nc1. The quantitative estimate of drug-likeness (QED) is 0.600. The van der Waals surface area contributed by atoms with Crippen LogP contribution in [0.5, 0.6) is 0 Å². The largest absolute Gasteiger partial charge is 0.358 e. The number of rotatable bonds is 5. The van der Waals surface area contributed by atoms with Gasteiger partial charge in [-0.3, -0.25) is 10.1 Å². The number of amides is 1. The van der Waals surface area contributed by atoms with Gasteiger partial charge in [0.2, 0.25) is 5.91 Å². The molecule has 1 aromatic heterocycles. The van der Waals surface area contributed by atoms with Gasteiger partial charge in [-0.2, -0.15) is 10.5 Å². The van der Waals surface area contributed by atoms with E-state index in [-0.39, 0.29) is 18.5 Å². The highest BCUT2D eigenvalue weighted by Crippen LogP contribution is 2.15. The van der Waals surface area contributed by atoms with Crippen molar-refractivity contribution in [2.75, 3.05) is 25.1 Å². The molecule has 21 heavy (non-hydrogen) atoms. The molecule has 0 aromatic carbocycles. The molecule has 1 aliphatic rings. The summed E-state index contributed by atoms with van der Waals surface area (Å²) in [5.41, 5.74) is 0.500. The average Bonchev–Trinajstić information content (AvgIpc) is 3.00. The van der Waals surface area contributed by atoms with Crippen LogP contribution in [-0.4, -0.2) is 41.6 Å². The van der Waals surface area contributed by atoms with E-state index in [1.165, 1.54) is 6.20 Å². The minimum absolute atomic E-state index is 0.0614. The fourth-order valence-corrected chi connectivity index (χ4v) is 2.19. The molecule has 108 valence electrons. The highest BCUT2D eigenvalue weighted by molar-refractivity contribution is 5.79. The number of likely N-dealkylation sites (tertiary alicyclic amines) is 1. The number of nitrogens with zero attached hydrogens (tertiary/aromatic N) is 4. The molecule has 7 nitrogen and oxygen atoms in total. The second kappa shape index (κ2) is 7.22. The summed E-state index contributed by atoms with van der Waals surface area (Å²) in [7, 11) is 0. The monoisotopic (exact) mass is 284 g/mol. The summed E-state index contributed by atoms with van der Waals surface area (Å²) >= 11 is 0. The number of carbonyl (C=O) groups excluding carboxylic acids is 1. The van der Waals surface area contributed by atoms with E-state index in [0.717, 1.165) is 12.8 Å². The Bertz CT molecular complexity index is 571. The molecule has 0 spiro atoms. The van der Waals surface area contributed by atoms with Gasteiger partial charge in [0.15, 0.2) is 0 Å². The van der Waals surface area contributed by atoms with Crippen LogP contribution in [0.2, 0.25) is 0 Å². The van der Waals surface area contributed by atoms with Gasteiger partial charge in [-0.15, -0.1) is 0 Å². The van der Waals surface area contributed by atoms with E-state index >= 15 is 0 Å². The Hall–Kier alpha value is -2.64. The Labute approximate surface area is 123 Å². The van der Waals surface area contributed by atoms with E-state index in [2.05, 4.69) is 21.7 Å². The Morgan fingerprint density at radius 2 is 2.33 bits per heavy atom. The van der Waals surface area contributed by atoms with Crippen LogP contribution in [0.3, 0.4) is 0 Å². The average molecular weight is 284 g/mol. The van der Waals surface area contributed by atoms with Gasteiger partial charge < -0.3 is 10.2 Å². The van der Waals surface area contributed by atoms with Crippen LogP contribution in [0.15, 0.2) is 18.3 Å². The van der Waals surface area contributed by atoms with E-state index < -0.39 is 0 Å². The van der Waals surface area contributed by atoms with Crippen LogP contribution < -0.4 is 10.6 Å². The number of carbonyl (C=O) groups is 1. The zero-order valence-electron chi connectivity index (χ0n) is 11.5. The number of pyridine rings is 1. The van der Waals surface area contributed by atoms with Crippen LogP contribution in [0.4, 0.5) is 5.82 Å². The van der Waals surface area contributed by atoms with Gasteiger partial charge in [0, 0.05) is 12.7 Å². The number of aromatic nitrogens is 1. The third kappa shape index (κ3) is 3.91. The van der Waals surface area contributed by atoms with E-state index in [1.807, 2.05) is 6.07 Å². The summed E-state index contributed by atoms with van der Waals surface area (Å²) < 4.78 is 0. The normalized spacial score (nSPS) is 17.0. The standard InChI is InChI=1S/C14H16N6O/c15-6-11-3-4-13(18-8-11)19-10-17-9-14(21)20-5-1-2-12(20)7-16/h3-4,8,12,17H,1-2,5,9-10H2,(H,18,19)/t12-/m0/s1. The smallest absolute Gasteiger partial charge is 0.237 e. The van der Waals surface area contributed by atoms with Gasteiger partial charge in [-0.1, -0.05) is 0 Å². The van der Waals surface area contributed by atoms with Crippen molar-refractivity contribution < 1.29 is 4.79 Å². The van der Waals surface area contributed by atoms with Crippen LogP contribution in [0.25, 0.3) is 0 Å². The number of anilines is 1. The molecular formula is C14H16N6O. The molecule has 1 amide bonds. The molecule has 0 unspecified atom stereocenters.